The lowest BCUT2D eigenvalue weighted by Crippen LogP contribution is -2.45. The number of likely N-dealkylation sites (tertiary alicyclic amines) is 1. The molecule has 0 radical (unpaired) electrons. The summed E-state index contributed by atoms with van der Waals surface area (Å²) in [6, 6.07) is 8.49. The third-order valence-electron chi connectivity index (χ3n) is 4.74. The fourth-order valence-electron chi connectivity index (χ4n) is 3.22. The molecule has 1 aliphatic heterocycles. The topological polar surface area (TPSA) is 67.7 Å². The molecule has 7 heteroatoms. The van der Waals surface area contributed by atoms with E-state index in [1.807, 2.05) is 25.1 Å². The third kappa shape index (κ3) is 5.02. The van der Waals surface area contributed by atoms with Crippen molar-refractivity contribution in [1.82, 2.24) is 14.1 Å². The number of benzene rings is 1. The fourth-order valence-corrected chi connectivity index (χ4v) is 4.69. The first kappa shape index (κ1) is 19.9. The maximum Gasteiger partial charge on any atom is 0.243 e. The molecule has 1 aromatic rings. The zero-order valence-corrected chi connectivity index (χ0v) is 16.2. The molecule has 0 bridgehead atoms. The third-order valence-corrected chi connectivity index (χ3v) is 6.62. The summed E-state index contributed by atoms with van der Waals surface area (Å²) in [5, 5.41) is 8.91. The van der Waals surface area contributed by atoms with Gasteiger partial charge in [0.1, 0.15) is 0 Å². The Balaban J connectivity index is 2.24. The van der Waals surface area contributed by atoms with Crippen LogP contribution in [0.1, 0.15) is 25.3 Å². The van der Waals surface area contributed by atoms with Gasteiger partial charge in [-0.05, 0) is 64.3 Å². The van der Waals surface area contributed by atoms with Crippen molar-refractivity contribution in [2.45, 2.75) is 30.7 Å². The van der Waals surface area contributed by atoms with Gasteiger partial charge >= 0.3 is 0 Å². The fraction of sp³-hybridized carbons (Fsp3) is 0.611. The molecule has 0 aromatic heterocycles. The predicted octanol–water partition coefficient (Wildman–Crippen LogP) is 1.59. The van der Waals surface area contributed by atoms with Crippen LogP contribution in [0.2, 0.25) is 0 Å². The molecule has 0 N–H and O–H groups in total. The van der Waals surface area contributed by atoms with Crippen LogP contribution in [0.5, 0.6) is 0 Å². The molecule has 1 aliphatic rings. The Kier molecular flexibility index (Phi) is 6.96. The van der Waals surface area contributed by atoms with E-state index in [2.05, 4.69) is 11.8 Å². The van der Waals surface area contributed by atoms with Crippen molar-refractivity contribution in [3.63, 3.8) is 0 Å². The minimum Gasteiger partial charge on any atom is -0.308 e. The normalized spacial score (nSPS) is 18.8. The monoisotopic (exact) mass is 364 g/mol. The van der Waals surface area contributed by atoms with Crippen molar-refractivity contribution in [3.05, 3.63) is 29.8 Å². The second kappa shape index (κ2) is 8.77. The number of sulfonamides is 1. The van der Waals surface area contributed by atoms with Gasteiger partial charge in [0.25, 0.3) is 0 Å². The zero-order chi connectivity index (χ0) is 18.4. The van der Waals surface area contributed by atoms with Gasteiger partial charge in [-0.15, -0.1) is 0 Å². The standard InChI is InChI=1S/C18H28N4O2S/c1-4-21-11-5-6-17(21)15-22(13-12-20(2)3)25(23,24)18-9-7-16(14-19)8-10-18/h7-10,17H,4-6,11-13,15H2,1-3H3/t17-/m1/s1. The summed E-state index contributed by atoms with van der Waals surface area (Å²) in [5.41, 5.74) is 0.465. The van der Waals surface area contributed by atoms with E-state index in [0.29, 0.717) is 25.2 Å². The molecule has 2 rings (SSSR count). The average Bonchev–Trinajstić information content (AvgIpc) is 3.05. The van der Waals surface area contributed by atoms with Crippen molar-refractivity contribution in [1.29, 1.82) is 5.26 Å². The SMILES string of the molecule is CCN1CCC[C@@H]1CN(CCN(C)C)S(=O)(=O)c1ccc(C#N)cc1. The summed E-state index contributed by atoms with van der Waals surface area (Å²) < 4.78 is 27.9. The van der Waals surface area contributed by atoms with Crippen molar-refractivity contribution in [3.8, 4) is 6.07 Å². The Hall–Kier alpha value is -1.46. The summed E-state index contributed by atoms with van der Waals surface area (Å²) in [6.45, 7) is 5.77. The van der Waals surface area contributed by atoms with Gasteiger partial charge in [0.2, 0.25) is 10.0 Å². The molecule has 6 nitrogen and oxygen atoms in total. The summed E-state index contributed by atoms with van der Waals surface area (Å²) in [7, 11) is 0.319. The summed E-state index contributed by atoms with van der Waals surface area (Å²) >= 11 is 0. The lowest BCUT2D eigenvalue weighted by atomic mass is 10.2. The highest BCUT2D eigenvalue weighted by Gasteiger charge is 2.31. The van der Waals surface area contributed by atoms with Gasteiger partial charge in [0.15, 0.2) is 0 Å². The molecule has 1 heterocycles. The Labute approximate surface area is 151 Å². The van der Waals surface area contributed by atoms with Crippen LogP contribution in [0.15, 0.2) is 29.2 Å². The average molecular weight is 365 g/mol. The Bertz CT molecular complexity index is 695. The first-order chi connectivity index (χ1) is 11.9. The van der Waals surface area contributed by atoms with E-state index in [0.717, 1.165) is 25.9 Å². The molecule has 138 valence electrons. The molecular weight excluding hydrogens is 336 g/mol. The number of rotatable bonds is 8. The molecule has 0 saturated carbocycles. The van der Waals surface area contributed by atoms with Crippen molar-refractivity contribution in [2.75, 3.05) is 46.8 Å². The van der Waals surface area contributed by atoms with Crippen molar-refractivity contribution < 1.29 is 8.42 Å². The summed E-state index contributed by atoms with van der Waals surface area (Å²) in [5.74, 6) is 0. The highest BCUT2D eigenvalue weighted by atomic mass is 32.2. The maximum atomic E-state index is 13.1. The number of hydrogen-bond acceptors (Lipinski definition) is 5. The number of nitrogens with zero attached hydrogens (tertiary/aromatic N) is 4. The van der Waals surface area contributed by atoms with Crippen LogP contribution in [0.4, 0.5) is 0 Å². The molecule has 25 heavy (non-hydrogen) atoms. The van der Waals surface area contributed by atoms with Gasteiger partial charge < -0.3 is 4.90 Å². The van der Waals surface area contributed by atoms with Crippen molar-refractivity contribution in [2.24, 2.45) is 0 Å². The molecule has 0 amide bonds. The summed E-state index contributed by atoms with van der Waals surface area (Å²) in [4.78, 5) is 4.61. The van der Waals surface area contributed by atoms with Crippen LogP contribution >= 0.6 is 0 Å². The molecule has 1 fully saturated rings. The zero-order valence-electron chi connectivity index (χ0n) is 15.4. The Morgan fingerprint density at radius 1 is 1.24 bits per heavy atom. The first-order valence-corrected chi connectivity index (χ1v) is 10.2. The molecule has 1 saturated heterocycles. The van der Waals surface area contributed by atoms with E-state index in [1.54, 1.807) is 16.4 Å². The number of hydrogen-bond donors (Lipinski definition) is 0. The lowest BCUT2D eigenvalue weighted by molar-refractivity contribution is 0.220. The highest BCUT2D eigenvalue weighted by molar-refractivity contribution is 7.89. The van der Waals surface area contributed by atoms with E-state index >= 15 is 0 Å². The van der Waals surface area contributed by atoms with Gasteiger partial charge in [-0.25, -0.2) is 8.42 Å². The van der Waals surface area contributed by atoms with E-state index < -0.39 is 10.0 Å². The molecular formula is C18H28N4O2S. The van der Waals surface area contributed by atoms with Gasteiger partial charge in [-0.2, -0.15) is 9.57 Å². The molecule has 1 aromatic carbocycles. The van der Waals surface area contributed by atoms with Crippen LogP contribution in [0.3, 0.4) is 0 Å². The van der Waals surface area contributed by atoms with Gasteiger partial charge in [0.05, 0.1) is 16.5 Å². The van der Waals surface area contributed by atoms with Crippen molar-refractivity contribution >= 4 is 10.0 Å². The minimum atomic E-state index is -3.57. The van der Waals surface area contributed by atoms with Gasteiger partial charge in [-0.3, -0.25) is 4.90 Å². The Morgan fingerprint density at radius 3 is 2.48 bits per heavy atom. The van der Waals surface area contributed by atoms with Gasteiger partial charge in [0, 0.05) is 25.7 Å². The second-order valence-corrected chi connectivity index (χ2v) is 8.67. The number of likely N-dealkylation sites (N-methyl/N-ethyl adjacent to an activating group) is 2. The van der Waals surface area contributed by atoms with Crippen LogP contribution < -0.4 is 0 Å². The van der Waals surface area contributed by atoms with E-state index in [9.17, 15) is 8.42 Å². The molecule has 0 unspecified atom stereocenters. The maximum absolute atomic E-state index is 13.1. The first-order valence-electron chi connectivity index (χ1n) is 8.77. The summed E-state index contributed by atoms with van der Waals surface area (Å²) in [6.07, 6.45) is 2.16. The van der Waals surface area contributed by atoms with Crippen LogP contribution in [-0.2, 0) is 10.0 Å². The second-order valence-electron chi connectivity index (χ2n) is 6.73. The largest absolute Gasteiger partial charge is 0.308 e. The highest BCUT2D eigenvalue weighted by Crippen LogP contribution is 2.22. The van der Waals surface area contributed by atoms with E-state index in [-0.39, 0.29) is 10.9 Å². The van der Waals surface area contributed by atoms with Crippen LogP contribution in [0, 0.1) is 11.3 Å². The molecule has 0 spiro atoms. The van der Waals surface area contributed by atoms with E-state index in [4.69, 9.17) is 5.26 Å². The molecule has 0 aliphatic carbocycles. The molecule has 1 atom stereocenters. The van der Waals surface area contributed by atoms with E-state index in [1.165, 1.54) is 12.1 Å². The lowest BCUT2D eigenvalue weighted by Gasteiger charge is -2.30. The minimum absolute atomic E-state index is 0.256. The predicted molar refractivity (Wildman–Crippen MR) is 98.7 cm³/mol. The van der Waals surface area contributed by atoms with Gasteiger partial charge in [-0.1, -0.05) is 6.92 Å². The smallest absolute Gasteiger partial charge is 0.243 e. The number of nitriles is 1. The van der Waals surface area contributed by atoms with Crippen LogP contribution in [-0.4, -0.2) is 75.4 Å². The Morgan fingerprint density at radius 2 is 1.92 bits per heavy atom. The van der Waals surface area contributed by atoms with Crippen LogP contribution in [0.25, 0.3) is 0 Å². The quantitative estimate of drug-likeness (QED) is 0.701.